The molecule has 2 unspecified atom stereocenters. The molecule has 0 spiro atoms. The molecule has 27 heavy (non-hydrogen) atoms. The zero-order valence-corrected chi connectivity index (χ0v) is 16.3. The number of carbonyl (C=O) groups is 2. The van der Waals surface area contributed by atoms with Crippen LogP contribution in [0.4, 0.5) is 9.80 Å². The minimum absolute atomic E-state index is 0.0681. The average molecular weight is 388 g/mol. The highest BCUT2D eigenvalue weighted by Gasteiger charge is 2.31. The Labute approximate surface area is 163 Å². The molecular weight excluding hydrogens is 364 g/mol. The summed E-state index contributed by atoms with van der Waals surface area (Å²) in [5.74, 6) is 0.0681. The highest BCUT2D eigenvalue weighted by atomic mass is 32.1. The Kier molecular flexibility index (Phi) is 6.47. The summed E-state index contributed by atoms with van der Waals surface area (Å²) >= 11 is 1.56. The lowest BCUT2D eigenvalue weighted by atomic mass is 10.0. The normalized spacial score (nSPS) is 19.6. The summed E-state index contributed by atoms with van der Waals surface area (Å²) in [5, 5.41) is 5.85. The van der Waals surface area contributed by atoms with E-state index in [1.807, 2.05) is 41.8 Å². The SMILES string of the molecule is COC1CN(c2cc(C(C)=O)cs2)CCC1NC(=O)OCc1ccccc1. The number of ether oxygens (including phenoxy) is 2. The van der Waals surface area contributed by atoms with Crippen LogP contribution in [-0.4, -0.2) is 44.2 Å². The highest BCUT2D eigenvalue weighted by Crippen LogP contribution is 2.28. The fraction of sp³-hybridized carbons (Fsp3) is 0.400. The lowest BCUT2D eigenvalue weighted by Gasteiger charge is -2.38. The number of thiophene rings is 1. The van der Waals surface area contributed by atoms with E-state index >= 15 is 0 Å². The number of carbonyl (C=O) groups excluding carboxylic acids is 2. The number of hydrogen-bond donors (Lipinski definition) is 1. The lowest BCUT2D eigenvalue weighted by Crippen LogP contribution is -2.54. The van der Waals surface area contributed by atoms with Crippen molar-refractivity contribution in [3.63, 3.8) is 0 Å². The number of anilines is 1. The second kappa shape index (κ2) is 9.01. The van der Waals surface area contributed by atoms with Crippen molar-refractivity contribution in [2.45, 2.75) is 32.1 Å². The zero-order valence-electron chi connectivity index (χ0n) is 15.5. The number of nitrogens with one attached hydrogen (secondary N) is 1. The summed E-state index contributed by atoms with van der Waals surface area (Å²) in [7, 11) is 1.65. The Morgan fingerprint density at radius 2 is 2.07 bits per heavy atom. The Hall–Kier alpha value is -2.38. The zero-order chi connectivity index (χ0) is 19.2. The summed E-state index contributed by atoms with van der Waals surface area (Å²) < 4.78 is 10.9. The Balaban J connectivity index is 1.53. The summed E-state index contributed by atoms with van der Waals surface area (Å²) in [6, 6.07) is 11.4. The summed E-state index contributed by atoms with van der Waals surface area (Å²) in [4.78, 5) is 25.8. The van der Waals surface area contributed by atoms with E-state index in [1.165, 1.54) is 0 Å². The molecule has 1 aliphatic rings. The maximum atomic E-state index is 12.1. The number of Topliss-reactive ketones (excluding diaryl/α,β-unsaturated/α-hetero) is 1. The molecule has 7 heteroatoms. The fourth-order valence-corrected chi connectivity index (χ4v) is 4.10. The van der Waals surface area contributed by atoms with E-state index in [9.17, 15) is 9.59 Å². The maximum absolute atomic E-state index is 12.1. The first-order valence-corrected chi connectivity index (χ1v) is 9.79. The van der Waals surface area contributed by atoms with Gasteiger partial charge in [0.1, 0.15) is 6.61 Å². The van der Waals surface area contributed by atoms with E-state index < -0.39 is 6.09 Å². The Morgan fingerprint density at radius 3 is 2.74 bits per heavy atom. The van der Waals surface area contributed by atoms with E-state index in [0.717, 1.165) is 29.1 Å². The fourth-order valence-electron chi connectivity index (χ4n) is 3.11. The van der Waals surface area contributed by atoms with Gasteiger partial charge in [-0.3, -0.25) is 4.79 Å². The molecule has 2 atom stereocenters. The minimum Gasteiger partial charge on any atom is -0.445 e. The molecule has 3 rings (SSSR count). The summed E-state index contributed by atoms with van der Waals surface area (Å²) in [6.07, 6.45) is 0.159. The van der Waals surface area contributed by atoms with Crippen LogP contribution in [0.15, 0.2) is 41.8 Å². The summed E-state index contributed by atoms with van der Waals surface area (Å²) in [5.41, 5.74) is 1.68. The van der Waals surface area contributed by atoms with Crippen LogP contribution >= 0.6 is 11.3 Å². The molecule has 1 aliphatic heterocycles. The second-order valence-corrected chi connectivity index (χ2v) is 7.44. The molecular formula is C20H24N2O4S. The third-order valence-electron chi connectivity index (χ3n) is 4.68. The number of methoxy groups -OCH3 is 1. The molecule has 1 aromatic carbocycles. The number of alkyl carbamates (subject to hydrolysis) is 1. The largest absolute Gasteiger partial charge is 0.445 e. The molecule has 2 heterocycles. The predicted molar refractivity (Wildman–Crippen MR) is 106 cm³/mol. The van der Waals surface area contributed by atoms with Crippen molar-refractivity contribution in [2.75, 3.05) is 25.1 Å². The van der Waals surface area contributed by atoms with E-state index in [4.69, 9.17) is 9.47 Å². The van der Waals surface area contributed by atoms with Gasteiger partial charge in [-0.2, -0.15) is 0 Å². The third-order valence-corrected chi connectivity index (χ3v) is 5.67. The van der Waals surface area contributed by atoms with Gasteiger partial charge in [0.25, 0.3) is 0 Å². The molecule has 0 bridgehead atoms. The van der Waals surface area contributed by atoms with Crippen LogP contribution in [0.1, 0.15) is 29.3 Å². The van der Waals surface area contributed by atoms with Gasteiger partial charge in [0.15, 0.2) is 5.78 Å². The molecule has 144 valence electrons. The predicted octanol–water partition coefficient (Wildman–Crippen LogP) is 3.47. The van der Waals surface area contributed by atoms with E-state index in [2.05, 4.69) is 10.2 Å². The molecule has 0 aliphatic carbocycles. The van der Waals surface area contributed by atoms with Crippen LogP contribution in [0.3, 0.4) is 0 Å². The quantitative estimate of drug-likeness (QED) is 0.768. The Morgan fingerprint density at radius 1 is 1.30 bits per heavy atom. The van der Waals surface area contributed by atoms with Crippen LogP contribution in [-0.2, 0) is 16.1 Å². The van der Waals surface area contributed by atoms with Crippen molar-refractivity contribution < 1.29 is 19.1 Å². The number of benzene rings is 1. The number of hydrogen-bond acceptors (Lipinski definition) is 6. The van der Waals surface area contributed by atoms with Crippen LogP contribution in [0.2, 0.25) is 0 Å². The van der Waals surface area contributed by atoms with Crippen molar-refractivity contribution >= 4 is 28.2 Å². The molecule has 1 saturated heterocycles. The van der Waals surface area contributed by atoms with Crippen LogP contribution in [0.25, 0.3) is 0 Å². The van der Waals surface area contributed by atoms with Crippen molar-refractivity contribution in [3.8, 4) is 0 Å². The molecule has 1 fully saturated rings. The number of ketones is 1. The number of amides is 1. The van der Waals surface area contributed by atoms with E-state index in [1.54, 1.807) is 25.4 Å². The second-order valence-electron chi connectivity index (χ2n) is 6.55. The van der Waals surface area contributed by atoms with Gasteiger partial charge in [0.05, 0.1) is 17.1 Å². The topological polar surface area (TPSA) is 67.9 Å². The van der Waals surface area contributed by atoms with Gasteiger partial charge in [-0.25, -0.2) is 4.79 Å². The Bertz CT molecular complexity index is 777. The summed E-state index contributed by atoms with van der Waals surface area (Å²) in [6.45, 7) is 3.24. The van der Waals surface area contributed by atoms with Crippen molar-refractivity contribution in [2.24, 2.45) is 0 Å². The van der Waals surface area contributed by atoms with Crippen molar-refractivity contribution in [1.29, 1.82) is 0 Å². The van der Waals surface area contributed by atoms with Gasteiger partial charge in [-0.1, -0.05) is 30.3 Å². The molecule has 2 aromatic rings. The monoisotopic (exact) mass is 388 g/mol. The first kappa shape index (κ1) is 19.4. The highest BCUT2D eigenvalue weighted by molar-refractivity contribution is 7.14. The van der Waals surface area contributed by atoms with Gasteiger partial charge < -0.3 is 19.7 Å². The third kappa shape index (κ3) is 5.08. The lowest BCUT2D eigenvalue weighted by molar-refractivity contribution is 0.0548. The standard InChI is InChI=1S/C20H24N2O4S/c1-14(23)16-10-19(27-13-16)22-9-8-17(18(11-22)25-2)21-20(24)26-12-15-6-4-3-5-7-15/h3-7,10,13,17-18H,8-9,11-12H2,1-2H3,(H,21,24). The van der Waals surface area contributed by atoms with Crippen LogP contribution < -0.4 is 10.2 Å². The minimum atomic E-state index is -0.436. The van der Waals surface area contributed by atoms with Crippen LogP contribution in [0.5, 0.6) is 0 Å². The van der Waals surface area contributed by atoms with Gasteiger partial charge in [-0.15, -0.1) is 11.3 Å². The van der Waals surface area contributed by atoms with Crippen LogP contribution in [0, 0.1) is 0 Å². The number of rotatable bonds is 6. The van der Waals surface area contributed by atoms with Crippen molar-refractivity contribution in [1.82, 2.24) is 5.32 Å². The molecule has 0 saturated carbocycles. The first-order chi connectivity index (χ1) is 13.1. The first-order valence-electron chi connectivity index (χ1n) is 8.91. The molecule has 1 amide bonds. The molecule has 1 aromatic heterocycles. The maximum Gasteiger partial charge on any atom is 0.407 e. The van der Waals surface area contributed by atoms with Gasteiger partial charge in [0, 0.05) is 31.1 Å². The smallest absolute Gasteiger partial charge is 0.407 e. The van der Waals surface area contributed by atoms with Gasteiger partial charge in [-0.05, 0) is 25.0 Å². The van der Waals surface area contributed by atoms with Gasteiger partial charge in [0.2, 0.25) is 0 Å². The number of nitrogens with zero attached hydrogens (tertiary/aromatic N) is 1. The molecule has 1 N–H and O–H groups in total. The molecule has 0 radical (unpaired) electrons. The number of piperidine rings is 1. The van der Waals surface area contributed by atoms with E-state index in [-0.39, 0.29) is 24.5 Å². The van der Waals surface area contributed by atoms with E-state index in [0.29, 0.717) is 6.54 Å². The van der Waals surface area contributed by atoms with Gasteiger partial charge >= 0.3 is 6.09 Å². The van der Waals surface area contributed by atoms with Crippen molar-refractivity contribution in [3.05, 3.63) is 52.9 Å². The molecule has 6 nitrogen and oxygen atoms in total. The average Bonchev–Trinajstić information content (AvgIpc) is 3.18.